The number of anilines is 3. The summed E-state index contributed by atoms with van der Waals surface area (Å²) in [7, 11) is 0. The number of rotatable bonds is 5. The molecule has 4 rings (SSSR count). The van der Waals surface area contributed by atoms with E-state index >= 15 is 0 Å². The van der Waals surface area contributed by atoms with E-state index in [1.807, 2.05) is 30.6 Å². The monoisotopic (exact) mass is 362 g/mol. The number of benzene rings is 3. The third-order valence-corrected chi connectivity index (χ3v) is 4.70. The fourth-order valence-corrected chi connectivity index (χ4v) is 3.19. The molecule has 0 aliphatic carbocycles. The Hall–Kier alpha value is -3.65. The highest BCUT2D eigenvalue weighted by Crippen LogP contribution is 2.34. The van der Waals surface area contributed by atoms with Crippen LogP contribution in [0.1, 0.15) is 16.7 Å². The van der Waals surface area contributed by atoms with Crippen LogP contribution in [0.15, 0.2) is 103 Å². The summed E-state index contributed by atoms with van der Waals surface area (Å²) in [6.07, 6.45) is 7.99. The van der Waals surface area contributed by atoms with Gasteiger partial charge in [-0.2, -0.15) is 0 Å². The molecule has 2 nitrogen and oxygen atoms in total. The average Bonchev–Trinajstić information content (AvgIpc) is 2.76. The van der Waals surface area contributed by atoms with Crippen LogP contribution in [0.25, 0.3) is 12.2 Å². The van der Waals surface area contributed by atoms with E-state index in [4.69, 9.17) is 0 Å². The normalized spacial score (nSPS) is 10.9. The van der Waals surface area contributed by atoms with Crippen molar-refractivity contribution in [1.29, 1.82) is 0 Å². The zero-order chi connectivity index (χ0) is 19.2. The van der Waals surface area contributed by atoms with Crippen molar-refractivity contribution in [3.05, 3.63) is 120 Å². The second kappa shape index (κ2) is 8.36. The molecule has 2 heteroatoms. The minimum atomic E-state index is 1.13. The van der Waals surface area contributed by atoms with Gasteiger partial charge in [-0.15, -0.1) is 0 Å². The largest absolute Gasteiger partial charge is 0.311 e. The molecule has 0 aliphatic heterocycles. The van der Waals surface area contributed by atoms with Gasteiger partial charge in [-0.05, 0) is 66.1 Å². The lowest BCUT2D eigenvalue weighted by Gasteiger charge is -2.25. The minimum Gasteiger partial charge on any atom is -0.311 e. The van der Waals surface area contributed by atoms with Crippen LogP contribution in [0.4, 0.5) is 17.1 Å². The van der Waals surface area contributed by atoms with E-state index in [2.05, 4.69) is 102 Å². The molecule has 0 aliphatic rings. The molecule has 0 amide bonds. The number of para-hydroxylation sites is 2. The van der Waals surface area contributed by atoms with Crippen LogP contribution in [0, 0.1) is 6.92 Å². The number of aromatic nitrogens is 1. The van der Waals surface area contributed by atoms with Crippen molar-refractivity contribution in [3.8, 4) is 0 Å². The molecule has 0 fully saturated rings. The van der Waals surface area contributed by atoms with Crippen molar-refractivity contribution in [3.63, 3.8) is 0 Å². The molecule has 1 aromatic heterocycles. The van der Waals surface area contributed by atoms with Crippen LogP contribution < -0.4 is 4.90 Å². The SMILES string of the molecule is Cc1cnccc1/C=C/c1ccc(N(c2ccccc2)c2ccccc2)cc1. The van der Waals surface area contributed by atoms with Crippen molar-refractivity contribution in [2.24, 2.45) is 0 Å². The van der Waals surface area contributed by atoms with E-state index in [9.17, 15) is 0 Å². The second-order valence-corrected chi connectivity index (χ2v) is 6.66. The van der Waals surface area contributed by atoms with Crippen molar-refractivity contribution >= 4 is 29.2 Å². The molecular weight excluding hydrogens is 340 g/mol. The summed E-state index contributed by atoms with van der Waals surface area (Å²) in [5.74, 6) is 0. The van der Waals surface area contributed by atoms with Crippen LogP contribution >= 0.6 is 0 Å². The number of hydrogen-bond donors (Lipinski definition) is 0. The summed E-state index contributed by atoms with van der Waals surface area (Å²) in [5.41, 5.74) is 6.95. The van der Waals surface area contributed by atoms with Gasteiger partial charge >= 0.3 is 0 Å². The van der Waals surface area contributed by atoms with E-state index in [-0.39, 0.29) is 0 Å². The Morgan fingerprint density at radius 1 is 0.643 bits per heavy atom. The van der Waals surface area contributed by atoms with Gasteiger partial charge in [-0.3, -0.25) is 4.98 Å². The molecule has 3 aromatic carbocycles. The summed E-state index contributed by atoms with van der Waals surface area (Å²) in [5, 5.41) is 0. The number of hydrogen-bond acceptors (Lipinski definition) is 2. The lowest BCUT2D eigenvalue weighted by atomic mass is 10.1. The van der Waals surface area contributed by atoms with Gasteiger partial charge in [0, 0.05) is 29.5 Å². The van der Waals surface area contributed by atoms with Gasteiger partial charge in [0.25, 0.3) is 0 Å². The molecule has 0 bridgehead atoms. The zero-order valence-electron chi connectivity index (χ0n) is 15.9. The van der Waals surface area contributed by atoms with Gasteiger partial charge in [-0.1, -0.05) is 60.7 Å². The Morgan fingerprint density at radius 2 is 1.21 bits per heavy atom. The Labute approximate surface area is 166 Å². The average molecular weight is 362 g/mol. The molecule has 28 heavy (non-hydrogen) atoms. The maximum Gasteiger partial charge on any atom is 0.0462 e. The van der Waals surface area contributed by atoms with Crippen LogP contribution in [0.2, 0.25) is 0 Å². The summed E-state index contributed by atoms with van der Waals surface area (Å²) >= 11 is 0. The highest BCUT2D eigenvalue weighted by molar-refractivity contribution is 5.78. The van der Waals surface area contributed by atoms with Crippen LogP contribution in [-0.2, 0) is 0 Å². The first-order chi connectivity index (χ1) is 13.8. The highest BCUT2D eigenvalue weighted by atomic mass is 15.1. The van der Waals surface area contributed by atoms with Crippen molar-refractivity contribution in [2.75, 3.05) is 4.90 Å². The number of nitrogens with zero attached hydrogens (tertiary/aromatic N) is 2. The molecule has 0 N–H and O–H groups in total. The Morgan fingerprint density at radius 3 is 1.79 bits per heavy atom. The highest BCUT2D eigenvalue weighted by Gasteiger charge is 2.11. The van der Waals surface area contributed by atoms with Gasteiger partial charge in [0.1, 0.15) is 0 Å². The minimum absolute atomic E-state index is 1.13. The van der Waals surface area contributed by atoms with Crippen molar-refractivity contribution in [2.45, 2.75) is 6.92 Å². The van der Waals surface area contributed by atoms with Crippen LogP contribution in [-0.4, -0.2) is 4.98 Å². The molecule has 0 saturated carbocycles. The smallest absolute Gasteiger partial charge is 0.0462 e. The number of pyridine rings is 1. The maximum absolute atomic E-state index is 4.15. The zero-order valence-corrected chi connectivity index (χ0v) is 15.9. The molecule has 136 valence electrons. The molecule has 0 radical (unpaired) electrons. The van der Waals surface area contributed by atoms with E-state index < -0.39 is 0 Å². The van der Waals surface area contributed by atoms with Crippen molar-refractivity contribution < 1.29 is 0 Å². The first-order valence-electron chi connectivity index (χ1n) is 9.40. The van der Waals surface area contributed by atoms with E-state index in [1.165, 1.54) is 16.7 Å². The van der Waals surface area contributed by atoms with E-state index in [0.717, 1.165) is 17.1 Å². The van der Waals surface area contributed by atoms with Gasteiger partial charge in [0.2, 0.25) is 0 Å². The Kier molecular flexibility index (Phi) is 5.30. The summed E-state index contributed by atoms with van der Waals surface area (Å²) in [4.78, 5) is 6.41. The van der Waals surface area contributed by atoms with E-state index in [1.54, 1.807) is 0 Å². The van der Waals surface area contributed by atoms with Gasteiger partial charge in [0.05, 0.1) is 0 Å². The summed E-state index contributed by atoms with van der Waals surface area (Å²) < 4.78 is 0. The van der Waals surface area contributed by atoms with Gasteiger partial charge < -0.3 is 4.90 Å². The van der Waals surface area contributed by atoms with Gasteiger partial charge in [-0.25, -0.2) is 0 Å². The molecule has 4 aromatic rings. The first kappa shape index (κ1) is 17.7. The predicted molar refractivity (Wildman–Crippen MR) is 119 cm³/mol. The molecular formula is C26H22N2. The van der Waals surface area contributed by atoms with E-state index in [0.29, 0.717) is 0 Å². The second-order valence-electron chi connectivity index (χ2n) is 6.66. The Bertz CT molecular complexity index is 1010. The third kappa shape index (κ3) is 4.02. The Balaban J connectivity index is 1.64. The maximum atomic E-state index is 4.15. The summed E-state index contributed by atoms with van der Waals surface area (Å²) in [6.45, 7) is 2.08. The summed E-state index contributed by atoms with van der Waals surface area (Å²) in [6, 6.07) is 31.6. The van der Waals surface area contributed by atoms with Crippen LogP contribution in [0.3, 0.4) is 0 Å². The molecule has 1 heterocycles. The first-order valence-corrected chi connectivity index (χ1v) is 9.40. The molecule has 0 saturated heterocycles. The fraction of sp³-hybridized carbons (Fsp3) is 0.0385. The fourth-order valence-electron chi connectivity index (χ4n) is 3.19. The lowest BCUT2D eigenvalue weighted by molar-refractivity contribution is 1.26. The predicted octanol–water partition coefficient (Wildman–Crippen LogP) is 7.03. The topological polar surface area (TPSA) is 16.1 Å². The third-order valence-electron chi connectivity index (χ3n) is 4.70. The number of aryl methyl sites for hydroxylation is 1. The quantitative estimate of drug-likeness (QED) is 0.379. The molecule has 0 unspecified atom stereocenters. The lowest BCUT2D eigenvalue weighted by Crippen LogP contribution is -2.09. The standard InChI is InChI=1S/C26H22N2/c1-21-20-27-19-18-23(21)15-12-22-13-16-26(17-14-22)28(24-8-4-2-5-9-24)25-10-6-3-7-11-25/h2-20H,1H3/b15-12+. The van der Waals surface area contributed by atoms with Crippen molar-refractivity contribution in [1.82, 2.24) is 4.98 Å². The van der Waals surface area contributed by atoms with Crippen LogP contribution in [0.5, 0.6) is 0 Å². The molecule has 0 spiro atoms. The molecule has 0 atom stereocenters. The van der Waals surface area contributed by atoms with Gasteiger partial charge in [0.15, 0.2) is 0 Å².